The zero-order chi connectivity index (χ0) is 26.3. The van der Waals surface area contributed by atoms with Gasteiger partial charge in [-0.15, -0.1) is 0 Å². The minimum atomic E-state index is -4.69. The molecule has 1 N–H and O–H groups in total. The van der Waals surface area contributed by atoms with E-state index in [9.17, 15) is 35.6 Å². The molecular formula is C25H26F4N2O4S. The number of rotatable bonds is 6. The van der Waals surface area contributed by atoms with E-state index in [4.69, 9.17) is 0 Å². The van der Waals surface area contributed by atoms with Gasteiger partial charge in [0.2, 0.25) is 5.91 Å². The van der Waals surface area contributed by atoms with Crippen molar-refractivity contribution in [3.8, 4) is 0 Å². The maximum atomic E-state index is 14.7. The maximum Gasteiger partial charge on any atom is 0.416 e. The Morgan fingerprint density at radius 2 is 1.78 bits per heavy atom. The Labute approximate surface area is 206 Å². The Kier molecular flexibility index (Phi) is 7.14. The lowest BCUT2D eigenvalue weighted by Crippen LogP contribution is -2.52. The molecule has 2 atom stereocenters. The fourth-order valence-corrected chi connectivity index (χ4v) is 5.22. The van der Waals surface area contributed by atoms with Crippen LogP contribution in [0.15, 0.2) is 47.4 Å². The summed E-state index contributed by atoms with van der Waals surface area (Å²) in [7, 11) is -3.54. The van der Waals surface area contributed by atoms with Crippen LogP contribution in [0.25, 0.3) is 0 Å². The molecule has 2 aromatic rings. The van der Waals surface area contributed by atoms with Crippen molar-refractivity contribution in [3.05, 3.63) is 65.0 Å². The van der Waals surface area contributed by atoms with Crippen LogP contribution >= 0.6 is 0 Å². The highest BCUT2D eigenvalue weighted by molar-refractivity contribution is 7.90. The van der Waals surface area contributed by atoms with Gasteiger partial charge in [0.15, 0.2) is 9.84 Å². The zero-order valence-electron chi connectivity index (χ0n) is 19.5. The number of carbonyl (C=O) groups is 2. The Hall–Kier alpha value is -2.95. The van der Waals surface area contributed by atoms with E-state index in [0.717, 1.165) is 18.4 Å². The fourth-order valence-electron chi connectivity index (χ4n) is 4.56. The van der Waals surface area contributed by atoms with Crippen LogP contribution in [-0.2, 0) is 20.8 Å². The average Bonchev–Trinajstić information content (AvgIpc) is 3.66. The molecule has 1 heterocycles. The Bertz CT molecular complexity index is 1280. The van der Waals surface area contributed by atoms with Gasteiger partial charge in [-0.1, -0.05) is 12.1 Å². The van der Waals surface area contributed by atoms with Crippen LogP contribution in [0.5, 0.6) is 0 Å². The third-order valence-corrected chi connectivity index (χ3v) is 7.74. The molecule has 0 spiro atoms. The van der Waals surface area contributed by atoms with Crippen LogP contribution in [0.3, 0.4) is 0 Å². The van der Waals surface area contributed by atoms with E-state index in [1.165, 1.54) is 29.2 Å². The van der Waals surface area contributed by atoms with Crippen LogP contribution in [0.1, 0.15) is 59.6 Å². The van der Waals surface area contributed by atoms with Gasteiger partial charge < -0.3 is 10.2 Å². The van der Waals surface area contributed by atoms with E-state index in [1.54, 1.807) is 0 Å². The summed E-state index contributed by atoms with van der Waals surface area (Å²) < 4.78 is 77.4. The van der Waals surface area contributed by atoms with E-state index < -0.39 is 51.3 Å². The molecule has 0 aromatic heterocycles. The van der Waals surface area contributed by atoms with Crippen LogP contribution in [0.4, 0.5) is 17.6 Å². The number of sulfone groups is 1. The molecular weight excluding hydrogens is 500 g/mol. The molecule has 2 fully saturated rings. The topological polar surface area (TPSA) is 83.6 Å². The second-order valence-corrected chi connectivity index (χ2v) is 11.4. The Morgan fingerprint density at radius 3 is 2.39 bits per heavy atom. The number of hydrogen-bond donors (Lipinski definition) is 1. The Morgan fingerprint density at radius 1 is 1.06 bits per heavy atom. The van der Waals surface area contributed by atoms with Gasteiger partial charge in [0.05, 0.1) is 16.5 Å². The smallest absolute Gasteiger partial charge is 0.347 e. The second kappa shape index (κ2) is 9.84. The molecule has 194 valence electrons. The maximum absolute atomic E-state index is 14.7. The van der Waals surface area contributed by atoms with E-state index in [1.807, 2.05) is 0 Å². The molecule has 1 unspecified atom stereocenters. The van der Waals surface area contributed by atoms with Gasteiger partial charge in [0.25, 0.3) is 5.91 Å². The third kappa shape index (κ3) is 5.71. The molecule has 2 amide bonds. The number of amides is 2. The quantitative estimate of drug-likeness (QED) is 0.562. The van der Waals surface area contributed by atoms with Crippen molar-refractivity contribution in [3.63, 3.8) is 0 Å². The van der Waals surface area contributed by atoms with Crippen LogP contribution in [0, 0.1) is 11.7 Å². The number of benzene rings is 2. The number of hydrogen-bond acceptors (Lipinski definition) is 4. The summed E-state index contributed by atoms with van der Waals surface area (Å²) in [6.07, 6.45) is -0.583. The summed E-state index contributed by atoms with van der Waals surface area (Å²) >= 11 is 0. The molecule has 0 radical (unpaired) electrons. The van der Waals surface area contributed by atoms with Crippen molar-refractivity contribution in [2.24, 2.45) is 5.92 Å². The Balaban J connectivity index is 1.56. The lowest BCUT2D eigenvalue weighted by atomic mass is 9.96. The minimum Gasteiger partial charge on any atom is -0.347 e. The highest BCUT2D eigenvalue weighted by Gasteiger charge is 2.40. The third-order valence-electron chi connectivity index (χ3n) is 6.63. The summed E-state index contributed by atoms with van der Waals surface area (Å²) in [5.41, 5.74) is -0.997. The number of likely N-dealkylation sites (tertiary alicyclic amines) is 1. The first-order valence-electron chi connectivity index (χ1n) is 11.6. The first-order valence-corrected chi connectivity index (χ1v) is 13.5. The van der Waals surface area contributed by atoms with Crippen LogP contribution < -0.4 is 5.32 Å². The van der Waals surface area contributed by atoms with Crippen molar-refractivity contribution < 1.29 is 35.6 Å². The normalized spacial score (nSPS) is 19.6. The molecule has 36 heavy (non-hydrogen) atoms. The van der Waals surface area contributed by atoms with Gasteiger partial charge >= 0.3 is 6.18 Å². The number of halogens is 4. The lowest BCUT2D eigenvalue weighted by molar-refractivity contribution is -0.137. The van der Waals surface area contributed by atoms with Gasteiger partial charge in [0.1, 0.15) is 11.9 Å². The molecule has 1 saturated carbocycles. The van der Waals surface area contributed by atoms with Crippen molar-refractivity contribution in [1.82, 2.24) is 10.2 Å². The summed E-state index contributed by atoms with van der Waals surface area (Å²) in [6.45, 7) is 0.281. The monoisotopic (exact) mass is 526 g/mol. The molecule has 0 bridgehead atoms. The van der Waals surface area contributed by atoms with Crippen molar-refractivity contribution in [1.29, 1.82) is 0 Å². The molecule has 1 aliphatic carbocycles. The predicted molar refractivity (Wildman–Crippen MR) is 123 cm³/mol. The zero-order valence-corrected chi connectivity index (χ0v) is 20.3. The number of piperidine rings is 1. The minimum absolute atomic E-state index is 0.0158. The highest BCUT2D eigenvalue weighted by atomic mass is 32.2. The molecule has 1 saturated heterocycles. The standard InChI is InChI=1S/C25H26F4N2O4S/c1-36(34,35)18-6-4-5-16(13-18)24(33)31-12-3-2-7-21(31)23(32)30-22(15-8-9-15)19-11-10-17(14-20(19)26)25(27,28)29/h4-6,10-11,13-15,21-22H,2-3,7-9,12H2,1H3,(H,30,32)/t21-,22?/m1/s1. The van der Waals surface area contributed by atoms with Crippen LogP contribution in [-0.4, -0.2) is 44.0 Å². The fraction of sp³-hybridized carbons (Fsp3) is 0.440. The second-order valence-electron chi connectivity index (χ2n) is 9.37. The summed E-state index contributed by atoms with van der Waals surface area (Å²) in [5.74, 6) is -2.17. The summed E-state index contributed by atoms with van der Waals surface area (Å²) in [5, 5.41) is 2.79. The van der Waals surface area contributed by atoms with E-state index in [2.05, 4.69) is 5.32 Å². The summed E-state index contributed by atoms with van der Waals surface area (Å²) in [6, 6.07) is 6.19. The van der Waals surface area contributed by atoms with Crippen molar-refractivity contribution in [2.75, 3.05) is 12.8 Å². The predicted octanol–water partition coefficient (Wildman–Crippen LogP) is 4.51. The van der Waals surface area contributed by atoms with Crippen molar-refractivity contribution in [2.45, 2.75) is 55.3 Å². The van der Waals surface area contributed by atoms with Gasteiger partial charge in [-0.05, 0) is 68.4 Å². The first-order chi connectivity index (χ1) is 16.9. The molecule has 6 nitrogen and oxygen atoms in total. The first kappa shape index (κ1) is 26.1. The molecule has 2 aliphatic rings. The number of nitrogens with one attached hydrogen (secondary N) is 1. The number of carbonyl (C=O) groups excluding carboxylic acids is 2. The number of alkyl halides is 3. The van der Waals surface area contributed by atoms with Gasteiger partial charge in [0, 0.05) is 23.9 Å². The van der Waals surface area contributed by atoms with E-state index >= 15 is 0 Å². The molecule has 4 rings (SSSR count). The summed E-state index contributed by atoms with van der Waals surface area (Å²) in [4.78, 5) is 28.0. The lowest BCUT2D eigenvalue weighted by Gasteiger charge is -2.36. The van der Waals surface area contributed by atoms with Gasteiger partial charge in [-0.2, -0.15) is 13.2 Å². The van der Waals surface area contributed by atoms with Gasteiger partial charge in [-0.25, -0.2) is 12.8 Å². The van der Waals surface area contributed by atoms with Gasteiger partial charge in [-0.3, -0.25) is 9.59 Å². The molecule has 1 aliphatic heterocycles. The molecule has 2 aromatic carbocycles. The highest BCUT2D eigenvalue weighted by Crippen LogP contribution is 2.43. The van der Waals surface area contributed by atoms with Crippen LogP contribution in [0.2, 0.25) is 0 Å². The SMILES string of the molecule is CS(=O)(=O)c1cccc(C(=O)N2CCCC[C@@H]2C(=O)NC(c2ccc(C(F)(F)F)cc2F)C2CC2)c1. The number of nitrogens with zero attached hydrogens (tertiary/aromatic N) is 1. The molecule has 11 heteroatoms. The van der Waals surface area contributed by atoms with Crippen molar-refractivity contribution >= 4 is 21.7 Å². The average molecular weight is 527 g/mol. The van der Waals surface area contributed by atoms with E-state index in [-0.39, 0.29) is 28.5 Å². The largest absolute Gasteiger partial charge is 0.416 e. The van der Waals surface area contributed by atoms with E-state index in [0.29, 0.717) is 38.2 Å².